The van der Waals surface area contributed by atoms with Crippen molar-refractivity contribution in [2.24, 2.45) is 0 Å². The van der Waals surface area contributed by atoms with Gasteiger partial charge in [-0.25, -0.2) is 9.97 Å². The Morgan fingerprint density at radius 2 is 2.33 bits per heavy atom. The molecule has 2 rings (SSSR count). The predicted molar refractivity (Wildman–Crippen MR) is 56.0 cm³/mol. The molecule has 0 saturated heterocycles. The van der Waals surface area contributed by atoms with Crippen LogP contribution in [0.25, 0.3) is 0 Å². The van der Waals surface area contributed by atoms with E-state index in [2.05, 4.69) is 20.4 Å². The van der Waals surface area contributed by atoms with E-state index in [1.165, 1.54) is 0 Å². The van der Waals surface area contributed by atoms with Gasteiger partial charge in [-0.15, -0.1) is 0 Å². The lowest BCUT2D eigenvalue weighted by molar-refractivity contribution is 0.551. The Kier molecular flexibility index (Phi) is 3.40. The molecule has 0 fully saturated rings. The second kappa shape index (κ2) is 5.21. The van der Waals surface area contributed by atoms with Gasteiger partial charge < -0.3 is 5.32 Å². The Morgan fingerprint density at radius 1 is 1.33 bits per heavy atom. The van der Waals surface area contributed by atoms with Crippen LogP contribution in [-0.4, -0.2) is 26.3 Å². The zero-order valence-corrected chi connectivity index (χ0v) is 8.37. The van der Waals surface area contributed by atoms with E-state index in [0.717, 1.165) is 25.3 Å². The van der Waals surface area contributed by atoms with Crippen LogP contribution in [0, 0.1) is 0 Å². The summed E-state index contributed by atoms with van der Waals surface area (Å²) in [7, 11) is 0. The summed E-state index contributed by atoms with van der Waals surface area (Å²) < 4.78 is 1.90. The van der Waals surface area contributed by atoms with Crippen LogP contribution >= 0.6 is 0 Å². The smallest absolute Gasteiger partial charge is 0.115 e. The molecule has 0 aliphatic carbocycles. The average molecular weight is 203 g/mol. The molecular weight excluding hydrogens is 190 g/mol. The molecule has 0 spiro atoms. The summed E-state index contributed by atoms with van der Waals surface area (Å²) in [5, 5.41) is 7.40. The van der Waals surface area contributed by atoms with Gasteiger partial charge in [0.1, 0.15) is 6.33 Å². The maximum atomic E-state index is 4.12. The number of nitrogens with one attached hydrogen (secondary N) is 1. The molecule has 1 N–H and O–H groups in total. The predicted octanol–water partition coefficient (Wildman–Crippen LogP) is 0.463. The van der Waals surface area contributed by atoms with Crippen LogP contribution in [0.15, 0.2) is 37.1 Å². The third-order valence-corrected chi connectivity index (χ3v) is 2.03. The monoisotopic (exact) mass is 203 g/mol. The van der Waals surface area contributed by atoms with Gasteiger partial charge >= 0.3 is 0 Å². The summed E-state index contributed by atoms with van der Waals surface area (Å²) in [5.41, 5.74) is 1.01. The van der Waals surface area contributed by atoms with Gasteiger partial charge in [0.2, 0.25) is 0 Å². The average Bonchev–Trinajstić information content (AvgIpc) is 2.79. The molecule has 2 heterocycles. The van der Waals surface area contributed by atoms with E-state index in [4.69, 9.17) is 0 Å². The van der Waals surface area contributed by atoms with Gasteiger partial charge in [0.25, 0.3) is 0 Å². The third-order valence-electron chi connectivity index (χ3n) is 2.03. The number of nitrogens with zero attached hydrogens (tertiary/aromatic N) is 4. The van der Waals surface area contributed by atoms with E-state index in [1.54, 1.807) is 18.7 Å². The maximum absolute atomic E-state index is 4.12. The van der Waals surface area contributed by atoms with Gasteiger partial charge in [0.15, 0.2) is 0 Å². The van der Waals surface area contributed by atoms with Crippen LogP contribution in [-0.2, 0) is 13.1 Å². The molecule has 0 saturated carbocycles. The van der Waals surface area contributed by atoms with Crippen molar-refractivity contribution in [3.05, 3.63) is 42.7 Å². The molecule has 2 aromatic rings. The van der Waals surface area contributed by atoms with Gasteiger partial charge in [0, 0.05) is 31.7 Å². The highest BCUT2D eigenvalue weighted by Crippen LogP contribution is 1.89. The van der Waals surface area contributed by atoms with Crippen molar-refractivity contribution in [2.45, 2.75) is 13.1 Å². The van der Waals surface area contributed by atoms with Crippen LogP contribution < -0.4 is 5.32 Å². The summed E-state index contributed by atoms with van der Waals surface area (Å²) in [6.07, 6.45) is 7.04. The van der Waals surface area contributed by atoms with E-state index in [9.17, 15) is 0 Å². The number of aromatic nitrogens is 4. The molecule has 2 aromatic heterocycles. The molecule has 15 heavy (non-hydrogen) atoms. The van der Waals surface area contributed by atoms with Crippen molar-refractivity contribution in [3.8, 4) is 0 Å². The Hall–Kier alpha value is -1.75. The minimum absolute atomic E-state index is 0.768. The molecule has 0 aliphatic heterocycles. The van der Waals surface area contributed by atoms with E-state index in [1.807, 2.05) is 23.0 Å². The van der Waals surface area contributed by atoms with E-state index in [-0.39, 0.29) is 0 Å². The SMILES string of the molecule is c1cnn(CCNCc2ccncn2)c1. The lowest BCUT2D eigenvalue weighted by Gasteiger charge is -2.03. The zero-order chi connectivity index (χ0) is 10.3. The van der Waals surface area contributed by atoms with Crippen LogP contribution in [0.3, 0.4) is 0 Å². The Labute approximate surface area is 88.2 Å². The Balaban J connectivity index is 1.68. The lowest BCUT2D eigenvalue weighted by Crippen LogP contribution is -2.20. The molecule has 0 aromatic carbocycles. The molecule has 0 bridgehead atoms. The molecule has 0 aliphatic rings. The minimum Gasteiger partial charge on any atom is -0.309 e. The van der Waals surface area contributed by atoms with Crippen LogP contribution in [0.1, 0.15) is 5.69 Å². The standard InChI is InChI=1S/C10H13N5/c1-3-14-15(6-1)7-5-11-8-10-2-4-12-9-13-10/h1-4,6,9,11H,5,7-8H2. The van der Waals surface area contributed by atoms with E-state index >= 15 is 0 Å². The van der Waals surface area contributed by atoms with Crippen LogP contribution in [0.2, 0.25) is 0 Å². The minimum atomic E-state index is 0.768. The van der Waals surface area contributed by atoms with Crippen molar-refractivity contribution in [1.82, 2.24) is 25.1 Å². The summed E-state index contributed by atoms with van der Waals surface area (Å²) >= 11 is 0. The highest BCUT2D eigenvalue weighted by molar-refractivity contribution is 4.96. The lowest BCUT2D eigenvalue weighted by atomic mass is 10.4. The van der Waals surface area contributed by atoms with E-state index in [0.29, 0.717) is 0 Å². The molecular formula is C10H13N5. The van der Waals surface area contributed by atoms with Crippen molar-refractivity contribution >= 4 is 0 Å². The quantitative estimate of drug-likeness (QED) is 0.717. The van der Waals surface area contributed by atoms with Crippen LogP contribution in [0.5, 0.6) is 0 Å². The maximum Gasteiger partial charge on any atom is 0.115 e. The van der Waals surface area contributed by atoms with Crippen LogP contribution in [0.4, 0.5) is 0 Å². The summed E-state index contributed by atoms with van der Waals surface area (Å²) in [4.78, 5) is 7.98. The summed E-state index contributed by atoms with van der Waals surface area (Å²) in [6, 6.07) is 3.82. The normalized spacial score (nSPS) is 10.4. The van der Waals surface area contributed by atoms with Crippen molar-refractivity contribution < 1.29 is 0 Å². The first kappa shape index (κ1) is 9.79. The fraction of sp³-hybridized carbons (Fsp3) is 0.300. The third kappa shape index (κ3) is 3.14. The van der Waals surface area contributed by atoms with Gasteiger partial charge in [-0.3, -0.25) is 4.68 Å². The largest absolute Gasteiger partial charge is 0.309 e. The van der Waals surface area contributed by atoms with Crippen molar-refractivity contribution in [2.75, 3.05) is 6.54 Å². The molecule has 0 radical (unpaired) electrons. The highest BCUT2D eigenvalue weighted by atomic mass is 15.3. The molecule has 5 nitrogen and oxygen atoms in total. The van der Waals surface area contributed by atoms with Gasteiger partial charge in [-0.2, -0.15) is 5.10 Å². The first-order valence-electron chi connectivity index (χ1n) is 4.88. The first-order chi connectivity index (χ1) is 7.45. The number of rotatable bonds is 5. The number of hydrogen-bond donors (Lipinski definition) is 1. The Morgan fingerprint density at radius 3 is 3.07 bits per heavy atom. The van der Waals surface area contributed by atoms with Crippen molar-refractivity contribution in [1.29, 1.82) is 0 Å². The summed E-state index contributed by atoms with van der Waals surface area (Å²) in [5.74, 6) is 0. The topological polar surface area (TPSA) is 55.6 Å². The van der Waals surface area contributed by atoms with Crippen molar-refractivity contribution in [3.63, 3.8) is 0 Å². The van der Waals surface area contributed by atoms with Gasteiger partial charge in [-0.1, -0.05) is 0 Å². The zero-order valence-electron chi connectivity index (χ0n) is 8.37. The summed E-state index contributed by atoms with van der Waals surface area (Å²) in [6.45, 7) is 2.52. The highest BCUT2D eigenvalue weighted by Gasteiger charge is 1.93. The molecule has 5 heteroatoms. The van der Waals surface area contributed by atoms with Gasteiger partial charge in [-0.05, 0) is 12.1 Å². The molecule has 0 amide bonds. The molecule has 0 unspecified atom stereocenters. The molecule has 0 atom stereocenters. The molecule has 78 valence electrons. The second-order valence-corrected chi connectivity index (χ2v) is 3.15. The Bertz CT molecular complexity index is 370. The fourth-order valence-corrected chi connectivity index (χ4v) is 1.27. The first-order valence-corrected chi connectivity index (χ1v) is 4.88. The van der Waals surface area contributed by atoms with E-state index < -0.39 is 0 Å². The second-order valence-electron chi connectivity index (χ2n) is 3.15. The number of hydrogen-bond acceptors (Lipinski definition) is 4. The van der Waals surface area contributed by atoms with Gasteiger partial charge in [0.05, 0.1) is 12.2 Å². The fourth-order valence-electron chi connectivity index (χ4n) is 1.27.